The van der Waals surface area contributed by atoms with Gasteiger partial charge in [-0.05, 0) is 30.5 Å². The first-order chi connectivity index (χ1) is 14.4. The molecular weight excluding hydrogens is 389 g/mol. The van der Waals surface area contributed by atoms with Gasteiger partial charge >= 0.3 is 6.09 Å². The van der Waals surface area contributed by atoms with E-state index < -0.39 is 23.9 Å². The SMILES string of the molecule is CC1CN(c2ccc(N3C[C@H](CNC(=O)CC#N)OC3=O)cc2F)CC/C1=C\C#N. The second kappa shape index (κ2) is 9.27. The maximum absolute atomic E-state index is 14.8. The van der Waals surface area contributed by atoms with Crippen molar-refractivity contribution in [1.82, 2.24) is 5.32 Å². The minimum Gasteiger partial charge on any atom is -0.442 e. The number of nitrogens with zero attached hydrogens (tertiary/aromatic N) is 4. The zero-order chi connectivity index (χ0) is 21.7. The van der Waals surface area contributed by atoms with Crippen LogP contribution >= 0.6 is 0 Å². The van der Waals surface area contributed by atoms with Crippen molar-refractivity contribution in [1.29, 1.82) is 10.5 Å². The van der Waals surface area contributed by atoms with E-state index in [4.69, 9.17) is 15.3 Å². The topological polar surface area (TPSA) is 109 Å². The number of nitrogens with one attached hydrogen (secondary N) is 1. The molecule has 0 saturated carbocycles. The summed E-state index contributed by atoms with van der Waals surface area (Å²) in [6.07, 6.45) is 0.823. The normalized spacial score (nSPS) is 22.4. The number of benzene rings is 1. The third kappa shape index (κ3) is 4.69. The zero-order valence-corrected chi connectivity index (χ0v) is 16.6. The van der Waals surface area contributed by atoms with Gasteiger partial charge in [0.2, 0.25) is 5.91 Å². The van der Waals surface area contributed by atoms with Crippen molar-refractivity contribution in [3.05, 3.63) is 35.7 Å². The summed E-state index contributed by atoms with van der Waals surface area (Å²) in [5.41, 5.74) is 1.90. The van der Waals surface area contributed by atoms with Crippen LogP contribution in [0.1, 0.15) is 19.8 Å². The third-order valence-electron chi connectivity index (χ3n) is 5.27. The van der Waals surface area contributed by atoms with Crippen molar-refractivity contribution in [3.63, 3.8) is 0 Å². The summed E-state index contributed by atoms with van der Waals surface area (Å²) in [5, 5.41) is 19.9. The van der Waals surface area contributed by atoms with E-state index >= 15 is 0 Å². The van der Waals surface area contributed by atoms with Gasteiger partial charge in [-0.1, -0.05) is 12.5 Å². The molecule has 0 radical (unpaired) electrons. The van der Waals surface area contributed by atoms with Crippen LogP contribution in [0, 0.1) is 34.4 Å². The minimum absolute atomic E-state index is 0.0908. The minimum atomic E-state index is -0.612. The number of allylic oxidation sites excluding steroid dienone is 1. The lowest BCUT2D eigenvalue weighted by molar-refractivity contribution is -0.120. The number of cyclic esters (lactones) is 1. The fourth-order valence-corrected chi connectivity index (χ4v) is 3.69. The zero-order valence-electron chi connectivity index (χ0n) is 16.6. The average Bonchev–Trinajstić information content (AvgIpc) is 3.09. The molecule has 8 nitrogen and oxygen atoms in total. The molecule has 3 rings (SSSR count). The van der Waals surface area contributed by atoms with E-state index in [1.807, 2.05) is 11.8 Å². The number of halogens is 1. The molecule has 1 N–H and O–H groups in total. The van der Waals surface area contributed by atoms with Crippen molar-refractivity contribution in [2.24, 2.45) is 5.92 Å². The summed E-state index contributed by atoms with van der Waals surface area (Å²) in [7, 11) is 0. The molecule has 2 aliphatic heterocycles. The molecular formula is C21H22FN5O3. The second-order valence-electron chi connectivity index (χ2n) is 7.34. The van der Waals surface area contributed by atoms with Gasteiger partial charge in [-0.3, -0.25) is 9.69 Å². The summed E-state index contributed by atoms with van der Waals surface area (Å²) < 4.78 is 20.1. The predicted octanol–water partition coefficient (Wildman–Crippen LogP) is 2.48. The Morgan fingerprint density at radius 1 is 1.40 bits per heavy atom. The molecule has 0 aromatic heterocycles. The van der Waals surface area contributed by atoms with Crippen LogP contribution < -0.4 is 15.1 Å². The lowest BCUT2D eigenvalue weighted by Crippen LogP contribution is -2.36. The van der Waals surface area contributed by atoms with Crippen molar-refractivity contribution in [2.45, 2.75) is 25.9 Å². The van der Waals surface area contributed by atoms with Crippen molar-refractivity contribution >= 4 is 23.4 Å². The predicted molar refractivity (Wildman–Crippen MR) is 107 cm³/mol. The Bertz CT molecular complexity index is 949. The average molecular weight is 411 g/mol. The molecule has 2 fully saturated rings. The number of ether oxygens (including phenoxy) is 1. The van der Waals surface area contributed by atoms with Gasteiger partial charge in [-0.2, -0.15) is 10.5 Å². The van der Waals surface area contributed by atoms with E-state index in [1.165, 1.54) is 11.0 Å². The molecule has 30 heavy (non-hydrogen) atoms. The fraction of sp³-hybridized carbons (Fsp3) is 0.429. The van der Waals surface area contributed by atoms with Crippen LogP contribution in [0.3, 0.4) is 0 Å². The summed E-state index contributed by atoms with van der Waals surface area (Å²) in [5.74, 6) is -0.722. The molecule has 9 heteroatoms. The van der Waals surface area contributed by atoms with Gasteiger partial charge in [0.25, 0.3) is 0 Å². The van der Waals surface area contributed by atoms with Crippen LogP contribution in [0.5, 0.6) is 0 Å². The van der Waals surface area contributed by atoms with Crippen molar-refractivity contribution in [3.8, 4) is 12.1 Å². The van der Waals surface area contributed by atoms with Crippen molar-refractivity contribution < 1.29 is 18.7 Å². The molecule has 2 saturated heterocycles. The van der Waals surface area contributed by atoms with Crippen LogP contribution in [0.25, 0.3) is 0 Å². The molecule has 2 heterocycles. The Morgan fingerprint density at radius 2 is 2.20 bits per heavy atom. The standard InChI is InChI=1S/C21H22FN5O3/c1-14-12-26(9-6-15(14)4-7-23)19-3-2-16(10-18(19)22)27-13-17(30-21(27)29)11-25-20(28)5-8-24/h2-4,10,14,17H,5-6,9,11-13H2,1H3,(H,25,28)/b15-4+/t14?,17-/m0/s1. The summed E-state index contributed by atoms with van der Waals surface area (Å²) in [4.78, 5) is 26.8. The fourth-order valence-electron chi connectivity index (χ4n) is 3.69. The van der Waals surface area contributed by atoms with Crippen LogP contribution in [0.2, 0.25) is 0 Å². The highest BCUT2D eigenvalue weighted by Crippen LogP contribution is 2.31. The molecule has 0 aliphatic carbocycles. The van der Waals surface area contributed by atoms with Gasteiger partial charge in [-0.25, -0.2) is 9.18 Å². The van der Waals surface area contributed by atoms with Gasteiger partial charge in [0, 0.05) is 19.2 Å². The number of nitriles is 2. The number of hydrogen-bond donors (Lipinski definition) is 1. The van der Waals surface area contributed by atoms with E-state index in [1.54, 1.807) is 24.3 Å². The molecule has 2 aliphatic rings. The highest BCUT2D eigenvalue weighted by atomic mass is 19.1. The first kappa shape index (κ1) is 21.1. The molecule has 156 valence electrons. The first-order valence-corrected chi connectivity index (χ1v) is 9.67. The maximum atomic E-state index is 14.8. The highest BCUT2D eigenvalue weighted by molar-refractivity contribution is 5.90. The molecule has 0 spiro atoms. The Kier molecular flexibility index (Phi) is 6.53. The first-order valence-electron chi connectivity index (χ1n) is 9.67. The van der Waals surface area contributed by atoms with E-state index in [2.05, 4.69) is 11.4 Å². The molecule has 1 aromatic rings. The van der Waals surface area contributed by atoms with Gasteiger partial charge in [-0.15, -0.1) is 0 Å². The van der Waals surface area contributed by atoms with Crippen LogP contribution in [0.15, 0.2) is 29.8 Å². The van der Waals surface area contributed by atoms with E-state index in [9.17, 15) is 14.0 Å². The highest BCUT2D eigenvalue weighted by Gasteiger charge is 2.33. The van der Waals surface area contributed by atoms with Crippen molar-refractivity contribution in [2.75, 3.05) is 36.0 Å². The van der Waals surface area contributed by atoms with Gasteiger partial charge in [0.05, 0.1) is 36.6 Å². The smallest absolute Gasteiger partial charge is 0.414 e. The van der Waals surface area contributed by atoms with Crippen LogP contribution in [-0.4, -0.2) is 44.3 Å². The Labute approximate surface area is 174 Å². The Morgan fingerprint density at radius 3 is 2.87 bits per heavy atom. The van der Waals surface area contributed by atoms with Gasteiger partial charge < -0.3 is 15.0 Å². The molecule has 2 amide bonds. The Hall–Kier alpha value is -3.59. The van der Waals surface area contributed by atoms with E-state index in [0.29, 0.717) is 30.9 Å². The van der Waals surface area contributed by atoms with Crippen LogP contribution in [-0.2, 0) is 9.53 Å². The molecule has 1 unspecified atom stereocenters. The summed E-state index contributed by atoms with van der Waals surface area (Å²) >= 11 is 0. The number of hydrogen-bond acceptors (Lipinski definition) is 6. The number of anilines is 2. The Balaban J connectivity index is 1.65. The quantitative estimate of drug-likeness (QED) is 0.746. The lowest BCUT2D eigenvalue weighted by Gasteiger charge is -2.34. The lowest BCUT2D eigenvalue weighted by atomic mass is 9.92. The second-order valence-corrected chi connectivity index (χ2v) is 7.34. The number of carbonyl (C=O) groups excluding carboxylic acids is 2. The van der Waals surface area contributed by atoms with Gasteiger partial charge in [0.15, 0.2) is 0 Å². The third-order valence-corrected chi connectivity index (χ3v) is 5.27. The number of piperidine rings is 1. The maximum Gasteiger partial charge on any atom is 0.414 e. The molecule has 2 atom stereocenters. The van der Waals surface area contributed by atoms with E-state index in [0.717, 1.165) is 5.57 Å². The largest absolute Gasteiger partial charge is 0.442 e. The summed E-state index contributed by atoms with van der Waals surface area (Å²) in [6.45, 7) is 3.50. The van der Waals surface area contributed by atoms with Gasteiger partial charge in [0.1, 0.15) is 18.3 Å². The number of carbonyl (C=O) groups is 2. The monoisotopic (exact) mass is 411 g/mol. The molecule has 1 aromatic carbocycles. The molecule has 0 bridgehead atoms. The number of amides is 2. The summed E-state index contributed by atoms with van der Waals surface area (Å²) in [6, 6.07) is 8.42. The van der Waals surface area contributed by atoms with E-state index in [-0.39, 0.29) is 25.4 Å². The number of rotatable bonds is 5. The van der Waals surface area contributed by atoms with Crippen LogP contribution in [0.4, 0.5) is 20.6 Å².